The molecule has 0 bridgehead atoms. The Morgan fingerprint density at radius 2 is 0.435 bits per heavy atom. The molecule has 0 spiro atoms. The average Bonchev–Trinajstić information content (AvgIpc) is 1.55. The average molecular weight is 1380 g/mol. The van der Waals surface area contributed by atoms with Gasteiger partial charge in [-0.3, -0.25) is 0 Å². The highest BCUT2D eigenvalue weighted by Gasteiger charge is 2.29. The number of rotatable bonds is 13. The highest BCUT2D eigenvalue weighted by Crippen LogP contribution is 2.52. The summed E-state index contributed by atoms with van der Waals surface area (Å²) in [6.07, 6.45) is 0. The number of furan rings is 2. The molecule has 4 heterocycles. The van der Waals surface area contributed by atoms with Crippen LogP contribution in [-0.4, -0.2) is 9.13 Å². The molecule has 6 heteroatoms. The third-order valence-electron chi connectivity index (χ3n) is 21.2. The van der Waals surface area contributed by atoms with E-state index in [4.69, 9.17) is 8.83 Å². The number of aromatic nitrogens is 2. The molecular formula is C102H68N4O2. The van der Waals surface area contributed by atoms with Gasteiger partial charge in [0, 0.05) is 66.4 Å². The molecule has 0 amide bonds. The van der Waals surface area contributed by atoms with Crippen LogP contribution < -0.4 is 9.80 Å². The number of para-hydroxylation sites is 5. The maximum Gasteiger partial charge on any atom is 0.161 e. The SMILES string of the molecule is c1ccc(-c2ccc(N(c3ccc(-c4ccccc4)cc3)c3cc4c5ccccc5n(-c5ccc(-c6ccccc6)cc5)c4c4c3oc3ccccc34)cc2)cc1.c1ccc(-c2ccc(N(c3ccc(-c4ccccc4)cc3)c3cc4c5ccccc5n(-c5ccccc5)c4c4c3oc3ccccc34)cc2)cc1. The highest BCUT2D eigenvalue weighted by atomic mass is 16.3. The molecule has 17 aromatic carbocycles. The topological polar surface area (TPSA) is 42.6 Å². The molecule has 508 valence electrons. The van der Waals surface area contributed by atoms with E-state index in [2.05, 4.69) is 431 Å². The van der Waals surface area contributed by atoms with Crippen LogP contribution in [0.3, 0.4) is 0 Å². The lowest BCUT2D eigenvalue weighted by Gasteiger charge is -2.26. The number of hydrogen-bond donors (Lipinski definition) is 0. The number of nitrogens with zero attached hydrogens (tertiary/aromatic N) is 4. The van der Waals surface area contributed by atoms with Crippen LogP contribution in [0, 0.1) is 0 Å². The minimum Gasteiger partial charge on any atom is -0.454 e. The van der Waals surface area contributed by atoms with Crippen molar-refractivity contribution in [3.05, 3.63) is 413 Å². The lowest BCUT2D eigenvalue weighted by molar-refractivity contribution is 0.669. The number of benzene rings is 17. The van der Waals surface area contributed by atoms with Gasteiger partial charge in [0.2, 0.25) is 0 Å². The summed E-state index contributed by atoms with van der Waals surface area (Å²) in [4.78, 5) is 4.71. The quantitative estimate of drug-likeness (QED) is 0.115. The van der Waals surface area contributed by atoms with Crippen molar-refractivity contribution in [2.75, 3.05) is 9.80 Å². The number of hydrogen-bond acceptors (Lipinski definition) is 4. The van der Waals surface area contributed by atoms with Gasteiger partial charge >= 0.3 is 0 Å². The summed E-state index contributed by atoms with van der Waals surface area (Å²) < 4.78 is 18.8. The molecule has 6 nitrogen and oxygen atoms in total. The minimum atomic E-state index is 0.841. The van der Waals surface area contributed by atoms with Gasteiger partial charge in [-0.2, -0.15) is 0 Å². The fourth-order valence-electron chi connectivity index (χ4n) is 16.1. The van der Waals surface area contributed by atoms with Gasteiger partial charge in [-0.05, 0) is 165 Å². The van der Waals surface area contributed by atoms with E-state index < -0.39 is 0 Å². The second kappa shape index (κ2) is 27.0. The second-order valence-electron chi connectivity index (χ2n) is 27.5. The van der Waals surface area contributed by atoms with E-state index in [1.807, 2.05) is 0 Å². The summed E-state index contributed by atoms with van der Waals surface area (Å²) in [7, 11) is 0. The lowest BCUT2D eigenvalue weighted by Crippen LogP contribution is -2.10. The first kappa shape index (κ1) is 63.2. The fourth-order valence-corrected chi connectivity index (χ4v) is 16.1. The Bertz CT molecular complexity index is 6670. The zero-order valence-corrected chi connectivity index (χ0v) is 58.9. The zero-order chi connectivity index (χ0) is 71.4. The standard InChI is InChI=1S/C54H36N2O.C48H32N2O/c1-4-14-37(15-5-1)40-24-30-43(31-25-40)55(44-32-26-41(27-33-44)38-16-6-2-7-17-38)50-36-48-46-20-10-12-22-49(46)56(45-34-28-42(29-35-45)39-18-8-3-9-19-39)53(48)52-47-21-11-13-23-51(47)57-54(50)52;1-4-14-33(15-5-1)35-24-28-38(29-25-35)49(39-30-26-36(27-31-39)34-16-6-2-7-17-34)44-32-42-40-20-10-12-22-43(40)50(37-18-8-3-9-19-37)47(42)46-41-21-11-13-23-45(41)51-48(44)46/h1-36H;1-32H. The molecule has 108 heavy (non-hydrogen) atoms. The van der Waals surface area contributed by atoms with Crippen LogP contribution >= 0.6 is 0 Å². The van der Waals surface area contributed by atoms with Gasteiger partial charge in [0.25, 0.3) is 0 Å². The molecule has 0 saturated carbocycles. The summed E-state index contributed by atoms with van der Waals surface area (Å²) in [5.41, 5.74) is 28.2. The van der Waals surface area contributed by atoms with E-state index in [0.717, 1.165) is 111 Å². The van der Waals surface area contributed by atoms with Crippen molar-refractivity contribution in [3.63, 3.8) is 0 Å². The Morgan fingerprint density at radius 1 is 0.194 bits per heavy atom. The Labute approximate surface area is 625 Å². The van der Waals surface area contributed by atoms with Gasteiger partial charge in [0.15, 0.2) is 11.2 Å². The molecule has 21 rings (SSSR count). The largest absolute Gasteiger partial charge is 0.454 e. The maximum atomic E-state index is 7.01. The van der Waals surface area contributed by atoms with E-state index in [9.17, 15) is 0 Å². The summed E-state index contributed by atoms with van der Waals surface area (Å²) in [5.74, 6) is 0. The van der Waals surface area contributed by atoms with Crippen LogP contribution in [0.4, 0.5) is 34.1 Å². The summed E-state index contributed by atoms with van der Waals surface area (Å²) in [5, 5.41) is 9.10. The van der Waals surface area contributed by atoms with Crippen LogP contribution in [0.1, 0.15) is 0 Å². The van der Waals surface area contributed by atoms with Gasteiger partial charge in [-0.1, -0.05) is 303 Å². The van der Waals surface area contributed by atoms with Gasteiger partial charge in [0.05, 0.1) is 44.2 Å². The molecule has 4 aromatic heterocycles. The molecule has 21 aromatic rings. The van der Waals surface area contributed by atoms with Gasteiger partial charge in [0.1, 0.15) is 11.2 Å². The normalized spacial score (nSPS) is 11.5. The van der Waals surface area contributed by atoms with Crippen molar-refractivity contribution in [3.8, 4) is 67.0 Å². The molecular weight excluding hydrogens is 1310 g/mol. The summed E-state index contributed by atoms with van der Waals surface area (Å²) in [6.45, 7) is 0. The van der Waals surface area contributed by atoms with Crippen molar-refractivity contribution >= 4 is 122 Å². The van der Waals surface area contributed by atoms with Crippen molar-refractivity contribution in [1.29, 1.82) is 0 Å². The lowest BCUT2D eigenvalue weighted by atomic mass is 10.0. The Balaban J connectivity index is 0.000000143. The van der Waals surface area contributed by atoms with Crippen molar-refractivity contribution in [2.24, 2.45) is 0 Å². The monoisotopic (exact) mass is 1380 g/mol. The Hall–Kier alpha value is -14.5. The van der Waals surface area contributed by atoms with Crippen LogP contribution in [-0.2, 0) is 0 Å². The maximum absolute atomic E-state index is 7.01. The van der Waals surface area contributed by atoms with Crippen molar-refractivity contribution in [1.82, 2.24) is 9.13 Å². The molecule has 0 radical (unpaired) electrons. The van der Waals surface area contributed by atoms with Gasteiger partial charge in [-0.25, -0.2) is 0 Å². The minimum absolute atomic E-state index is 0.841. The van der Waals surface area contributed by atoms with E-state index in [-0.39, 0.29) is 0 Å². The summed E-state index contributed by atoms with van der Waals surface area (Å²) in [6, 6.07) is 147. The summed E-state index contributed by atoms with van der Waals surface area (Å²) >= 11 is 0. The van der Waals surface area contributed by atoms with E-state index >= 15 is 0 Å². The molecule has 0 aliphatic heterocycles. The van der Waals surface area contributed by atoms with Gasteiger partial charge in [-0.15, -0.1) is 0 Å². The predicted octanol–water partition coefficient (Wildman–Crippen LogP) is 28.6. The Kier molecular flexibility index (Phi) is 15.8. The fraction of sp³-hybridized carbons (Fsp3) is 0. The van der Waals surface area contributed by atoms with E-state index in [1.54, 1.807) is 0 Å². The van der Waals surface area contributed by atoms with Gasteiger partial charge < -0.3 is 27.8 Å². The molecule has 0 saturated heterocycles. The van der Waals surface area contributed by atoms with E-state index in [1.165, 1.54) is 77.2 Å². The zero-order valence-electron chi connectivity index (χ0n) is 58.9. The molecule has 0 N–H and O–H groups in total. The third-order valence-corrected chi connectivity index (χ3v) is 21.2. The second-order valence-corrected chi connectivity index (χ2v) is 27.5. The number of fused-ring (bicyclic) bond motifs is 14. The molecule has 0 aliphatic carbocycles. The molecule has 0 aliphatic rings. The molecule has 0 fully saturated rings. The first-order chi connectivity index (χ1) is 53.6. The van der Waals surface area contributed by atoms with Crippen LogP contribution in [0.15, 0.2) is 421 Å². The van der Waals surface area contributed by atoms with E-state index in [0.29, 0.717) is 0 Å². The number of anilines is 6. The smallest absolute Gasteiger partial charge is 0.161 e. The van der Waals surface area contributed by atoms with Crippen LogP contribution in [0.25, 0.3) is 154 Å². The molecule has 0 unspecified atom stereocenters. The van der Waals surface area contributed by atoms with Crippen LogP contribution in [0.5, 0.6) is 0 Å². The van der Waals surface area contributed by atoms with Crippen LogP contribution in [0.2, 0.25) is 0 Å². The first-order valence-corrected chi connectivity index (χ1v) is 36.8. The Morgan fingerprint density at radius 3 is 0.750 bits per heavy atom. The highest BCUT2D eigenvalue weighted by molar-refractivity contribution is 6.29. The van der Waals surface area contributed by atoms with Crippen molar-refractivity contribution in [2.45, 2.75) is 0 Å². The third kappa shape index (κ3) is 11.1. The first-order valence-electron chi connectivity index (χ1n) is 36.8. The predicted molar refractivity (Wildman–Crippen MR) is 453 cm³/mol. The van der Waals surface area contributed by atoms with Crippen molar-refractivity contribution < 1.29 is 8.83 Å². The molecule has 0 atom stereocenters.